The van der Waals surface area contributed by atoms with E-state index in [9.17, 15) is 4.79 Å². The molecule has 0 aliphatic heterocycles. The number of benzene rings is 1. The maximum absolute atomic E-state index is 10.8. The highest BCUT2D eigenvalue weighted by molar-refractivity contribution is 5.87. The minimum absolute atomic E-state index is 0.387. The smallest absolute Gasteiger partial charge is 0.420 e. The normalized spacial score (nSPS) is 8.69. The second-order valence-corrected chi connectivity index (χ2v) is 4.46. The van der Waals surface area contributed by atoms with E-state index in [-0.39, 0.29) is 0 Å². The summed E-state index contributed by atoms with van der Waals surface area (Å²) in [6.45, 7) is 1.77. The third kappa shape index (κ3) is 2.74. The largest absolute Gasteiger partial charge is 0.478 e. The molecule has 0 fully saturated rings. The van der Waals surface area contributed by atoms with Gasteiger partial charge in [0.1, 0.15) is 5.56 Å². The number of hydrogen-bond acceptors (Lipinski definition) is 1. The van der Waals surface area contributed by atoms with Crippen molar-refractivity contribution in [3.05, 3.63) is 33.4 Å². The third-order valence-corrected chi connectivity index (χ3v) is 3.68. The number of carbonyl (C=O) groups is 1. The Hall–Kier alpha value is -1.02. The first-order valence-electron chi connectivity index (χ1n) is 3.63. The number of hydrogen-bond donors (Lipinski definition) is 1. The lowest BCUT2D eigenvalue weighted by Gasteiger charge is -1.90. The van der Waals surface area contributed by atoms with E-state index in [0.717, 1.165) is 3.57 Å². The summed E-state index contributed by atoms with van der Waals surface area (Å²) in [7, 11) is 0. The van der Waals surface area contributed by atoms with E-state index in [1.807, 2.05) is 12.1 Å². The van der Waals surface area contributed by atoms with Gasteiger partial charge in [-0.1, -0.05) is 18.1 Å². The van der Waals surface area contributed by atoms with Crippen LogP contribution < -0.4 is 21.2 Å². The van der Waals surface area contributed by atoms with Crippen LogP contribution in [0.15, 0.2) is 24.3 Å². The summed E-state index contributed by atoms with van der Waals surface area (Å²) in [6.07, 6.45) is 0. The number of carboxylic acids is 1. The summed E-state index contributed by atoms with van der Waals surface area (Å²) >= 11 is -0.470. The molecule has 1 N–H and O–H groups in total. The Bertz CT molecular complexity index is 374. The Morgan fingerprint density at radius 3 is 2.77 bits per heavy atom. The zero-order valence-electron chi connectivity index (χ0n) is 7.04. The maximum Gasteiger partial charge on any atom is 0.420 e. The second-order valence-electron chi connectivity index (χ2n) is 2.22. The molecule has 0 unspecified atom stereocenters. The van der Waals surface area contributed by atoms with Crippen LogP contribution in [0.3, 0.4) is 0 Å². The van der Waals surface area contributed by atoms with Crippen LogP contribution in [0.1, 0.15) is 17.3 Å². The molecule has 0 saturated carbocycles. The molecule has 0 aliphatic rings. The average Bonchev–Trinajstić information content (AvgIpc) is 2.15. The number of halogens is 1. The van der Waals surface area contributed by atoms with Crippen LogP contribution in [0.2, 0.25) is 0 Å². The van der Waals surface area contributed by atoms with E-state index in [1.165, 1.54) is 0 Å². The lowest BCUT2D eigenvalue weighted by atomic mass is 10.2. The molecule has 13 heavy (non-hydrogen) atoms. The Kier molecular flexibility index (Phi) is 3.77. The van der Waals surface area contributed by atoms with Crippen molar-refractivity contribution in [1.82, 2.24) is 0 Å². The van der Waals surface area contributed by atoms with Crippen LogP contribution in [0.25, 0.3) is 0 Å². The van der Waals surface area contributed by atoms with Gasteiger partial charge in [-0.2, -0.15) is 0 Å². The van der Waals surface area contributed by atoms with Gasteiger partial charge in [-0.3, -0.25) is 0 Å². The van der Waals surface area contributed by atoms with Gasteiger partial charge in [0.05, 0.1) is 0 Å². The SMILES string of the molecule is CC#C[I+]c1ccccc1C(=O)O. The van der Waals surface area contributed by atoms with Crippen molar-refractivity contribution < 1.29 is 31.1 Å². The molecule has 0 heterocycles. The van der Waals surface area contributed by atoms with Crippen LogP contribution in [0, 0.1) is 13.4 Å². The first kappa shape index (κ1) is 10.1. The molecule has 0 radical (unpaired) electrons. The molecule has 0 saturated heterocycles. The lowest BCUT2D eigenvalue weighted by molar-refractivity contribution is -0.535. The van der Waals surface area contributed by atoms with Gasteiger partial charge >= 0.3 is 27.2 Å². The Morgan fingerprint density at radius 1 is 1.46 bits per heavy atom. The molecule has 0 atom stereocenters. The maximum atomic E-state index is 10.8. The zero-order chi connectivity index (χ0) is 9.68. The molecule has 66 valence electrons. The molecule has 1 rings (SSSR count). The highest BCUT2D eigenvalue weighted by atomic mass is 127. The molecular formula is C10H8IO2+. The predicted octanol–water partition coefficient (Wildman–Crippen LogP) is -1.38. The zero-order valence-corrected chi connectivity index (χ0v) is 9.20. The van der Waals surface area contributed by atoms with E-state index < -0.39 is 27.2 Å². The summed E-state index contributed by atoms with van der Waals surface area (Å²) in [5, 5.41) is 8.83. The minimum Gasteiger partial charge on any atom is -0.478 e. The predicted molar refractivity (Wildman–Crippen MR) is 45.5 cm³/mol. The van der Waals surface area contributed by atoms with Gasteiger partial charge in [0.15, 0.2) is 3.93 Å². The summed E-state index contributed by atoms with van der Waals surface area (Å²) in [6, 6.07) is 7.03. The van der Waals surface area contributed by atoms with Gasteiger partial charge in [-0.15, -0.1) is 0 Å². The van der Waals surface area contributed by atoms with Crippen LogP contribution >= 0.6 is 0 Å². The molecule has 0 bridgehead atoms. The quantitative estimate of drug-likeness (QED) is 0.538. The van der Waals surface area contributed by atoms with Crippen molar-refractivity contribution >= 4 is 5.97 Å². The standard InChI is InChI=1S/C10H7IO2/c1-2-7-11-9-6-4-3-5-8(9)10(12)13/h3-6H,1H3/p+1. The number of rotatable bonds is 2. The fourth-order valence-electron chi connectivity index (χ4n) is 0.815. The molecule has 0 amide bonds. The summed E-state index contributed by atoms with van der Waals surface area (Å²) in [5.74, 6) is 1.92. The van der Waals surface area contributed by atoms with E-state index in [0.29, 0.717) is 5.56 Å². The molecule has 1 aromatic carbocycles. The van der Waals surface area contributed by atoms with Crippen LogP contribution in [-0.4, -0.2) is 11.1 Å². The molecule has 2 nitrogen and oxygen atoms in total. The van der Waals surface area contributed by atoms with Crippen LogP contribution in [0.4, 0.5) is 0 Å². The minimum atomic E-state index is -0.867. The van der Waals surface area contributed by atoms with E-state index in [2.05, 4.69) is 9.85 Å². The molecule has 0 aliphatic carbocycles. The summed E-state index contributed by atoms with van der Waals surface area (Å²) in [4.78, 5) is 10.8. The molecule has 1 aromatic rings. The lowest BCUT2D eigenvalue weighted by Crippen LogP contribution is -3.59. The highest BCUT2D eigenvalue weighted by Crippen LogP contribution is 1.97. The van der Waals surface area contributed by atoms with Gasteiger partial charge in [-0.25, -0.2) is 4.79 Å². The Morgan fingerprint density at radius 2 is 2.15 bits per heavy atom. The topological polar surface area (TPSA) is 37.3 Å². The van der Waals surface area contributed by atoms with Crippen LogP contribution in [0.5, 0.6) is 0 Å². The van der Waals surface area contributed by atoms with Crippen molar-refractivity contribution in [2.75, 3.05) is 0 Å². The van der Waals surface area contributed by atoms with Crippen molar-refractivity contribution in [3.8, 4) is 9.85 Å². The fourth-order valence-corrected chi connectivity index (χ4v) is 2.46. The van der Waals surface area contributed by atoms with Gasteiger partial charge in [-0.05, 0) is 12.1 Å². The summed E-state index contributed by atoms with van der Waals surface area (Å²) in [5.41, 5.74) is 0.387. The Labute approximate surface area is 87.2 Å². The molecule has 3 heteroatoms. The number of carboxylic acid groups (broad SMARTS) is 1. The van der Waals surface area contributed by atoms with Crippen molar-refractivity contribution in [2.45, 2.75) is 6.92 Å². The molecule has 0 aromatic heterocycles. The van der Waals surface area contributed by atoms with E-state index in [1.54, 1.807) is 19.1 Å². The molecular weight excluding hydrogens is 279 g/mol. The third-order valence-electron chi connectivity index (χ3n) is 1.35. The van der Waals surface area contributed by atoms with Gasteiger partial charge in [0.2, 0.25) is 3.57 Å². The van der Waals surface area contributed by atoms with Crippen molar-refractivity contribution in [2.24, 2.45) is 0 Å². The molecule has 0 spiro atoms. The van der Waals surface area contributed by atoms with Crippen molar-refractivity contribution in [1.29, 1.82) is 0 Å². The summed E-state index contributed by atoms with van der Waals surface area (Å²) < 4.78 is 3.83. The average molecular weight is 287 g/mol. The first-order chi connectivity index (χ1) is 6.25. The number of aromatic carboxylic acids is 1. The monoisotopic (exact) mass is 287 g/mol. The second kappa shape index (κ2) is 4.87. The van der Waals surface area contributed by atoms with Gasteiger partial charge in [0, 0.05) is 6.92 Å². The van der Waals surface area contributed by atoms with E-state index in [4.69, 9.17) is 5.11 Å². The fraction of sp³-hybridized carbons (Fsp3) is 0.100. The van der Waals surface area contributed by atoms with Gasteiger partial charge in [0.25, 0.3) is 0 Å². The van der Waals surface area contributed by atoms with Crippen LogP contribution in [-0.2, 0) is 0 Å². The Balaban J connectivity index is 3.02. The first-order valence-corrected chi connectivity index (χ1v) is 5.79. The van der Waals surface area contributed by atoms with Gasteiger partial charge < -0.3 is 5.11 Å². The van der Waals surface area contributed by atoms with E-state index >= 15 is 0 Å². The van der Waals surface area contributed by atoms with Crippen molar-refractivity contribution in [3.63, 3.8) is 0 Å². The highest BCUT2D eigenvalue weighted by Gasteiger charge is 2.19.